The molecule has 1 atom stereocenters. The Morgan fingerprint density at radius 2 is 1.69 bits per heavy atom. The van der Waals surface area contributed by atoms with E-state index < -0.39 is 35.5 Å². The van der Waals surface area contributed by atoms with E-state index in [1.807, 2.05) is 18.2 Å². The topological polar surface area (TPSA) is 138 Å². The highest BCUT2D eigenvalue weighted by molar-refractivity contribution is 6.12. The minimum absolute atomic E-state index is 0.0852. The number of benzene rings is 1. The number of carbonyl (C=O) groups is 3. The number of unbranched alkanes of at least 4 members (excludes halogenated alkanes) is 2. The highest BCUT2D eigenvalue weighted by Gasteiger charge is 2.31. The Kier molecular flexibility index (Phi) is 10.8. The standard InChI is InChI=1S/C23H37N5O4/c1-16(2)19(24)20(30)28(21(25)26-27-22(31)32-23(3,4)5)18(29)15-11-7-10-14-17-12-8-6-9-13-17/h6,8-9,12-13,16,19H,7,10-11,14-15,24H2,1-5H3,(H2,25,26)(H,27,31)/t19-/m0/s1. The first-order chi connectivity index (χ1) is 14.9. The van der Waals surface area contributed by atoms with Crippen LogP contribution in [0.4, 0.5) is 4.79 Å². The molecule has 9 nitrogen and oxygen atoms in total. The summed E-state index contributed by atoms with van der Waals surface area (Å²) in [6.07, 6.45) is 2.44. The number of ether oxygens (including phenoxy) is 1. The van der Waals surface area contributed by atoms with Crippen molar-refractivity contribution >= 4 is 23.9 Å². The second kappa shape index (κ2) is 12.8. The van der Waals surface area contributed by atoms with E-state index in [-0.39, 0.29) is 12.3 Å². The van der Waals surface area contributed by atoms with Gasteiger partial charge in [-0.3, -0.25) is 20.4 Å². The first kappa shape index (κ1) is 27.1. The molecule has 0 fully saturated rings. The van der Waals surface area contributed by atoms with Gasteiger partial charge in [-0.1, -0.05) is 50.6 Å². The summed E-state index contributed by atoms with van der Waals surface area (Å²) in [5.41, 5.74) is 10.9. The number of nitrogens with one attached hydrogen (secondary N) is 3. The first-order valence-corrected chi connectivity index (χ1v) is 10.9. The molecule has 178 valence electrons. The summed E-state index contributed by atoms with van der Waals surface area (Å²) in [5.74, 6) is -2.05. The summed E-state index contributed by atoms with van der Waals surface area (Å²) in [5, 5.41) is 8.14. The van der Waals surface area contributed by atoms with E-state index in [0.717, 1.165) is 19.3 Å². The minimum Gasteiger partial charge on any atom is -0.443 e. The predicted molar refractivity (Wildman–Crippen MR) is 124 cm³/mol. The van der Waals surface area contributed by atoms with Gasteiger partial charge in [0.05, 0.1) is 6.04 Å². The van der Waals surface area contributed by atoms with Crippen molar-refractivity contribution in [1.29, 1.82) is 5.41 Å². The molecular formula is C23H37N5O4. The summed E-state index contributed by atoms with van der Waals surface area (Å²) in [6, 6.07) is 9.11. The second-order valence-electron chi connectivity index (χ2n) is 8.98. The summed E-state index contributed by atoms with van der Waals surface area (Å²) < 4.78 is 5.08. The van der Waals surface area contributed by atoms with Gasteiger partial charge in [-0.05, 0) is 51.5 Å². The molecule has 0 radical (unpaired) electrons. The molecule has 32 heavy (non-hydrogen) atoms. The number of aryl methyl sites for hydroxylation is 1. The summed E-state index contributed by atoms with van der Waals surface area (Å²) in [6.45, 7) is 8.58. The summed E-state index contributed by atoms with van der Waals surface area (Å²) in [4.78, 5) is 38.1. The zero-order valence-corrected chi connectivity index (χ0v) is 19.7. The molecule has 1 aromatic rings. The molecule has 1 rings (SSSR count). The molecule has 5 N–H and O–H groups in total. The highest BCUT2D eigenvalue weighted by atomic mass is 16.6. The number of imide groups is 1. The minimum atomic E-state index is -0.958. The lowest BCUT2D eigenvalue weighted by Gasteiger charge is -2.27. The van der Waals surface area contributed by atoms with E-state index in [2.05, 4.69) is 23.0 Å². The lowest BCUT2D eigenvalue weighted by molar-refractivity contribution is -0.141. The average molecular weight is 448 g/mol. The zero-order valence-electron chi connectivity index (χ0n) is 19.7. The number of carbonyl (C=O) groups excluding carboxylic acids is 3. The lowest BCUT2D eigenvalue weighted by atomic mass is 10.0. The van der Waals surface area contributed by atoms with E-state index in [1.54, 1.807) is 34.6 Å². The zero-order chi connectivity index (χ0) is 24.3. The number of guanidine groups is 1. The molecule has 0 heterocycles. The van der Waals surface area contributed by atoms with Crippen molar-refractivity contribution < 1.29 is 19.1 Å². The Morgan fingerprint density at radius 3 is 2.25 bits per heavy atom. The molecule has 0 unspecified atom stereocenters. The largest absolute Gasteiger partial charge is 0.443 e. The number of hydrogen-bond donors (Lipinski definition) is 4. The van der Waals surface area contributed by atoms with Crippen LogP contribution in [0.1, 0.15) is 65.9 Å². The molecular weight excluding hydrogens is 410 g/mol. The van der Waals surface area contributed by atoms with Crippen molar-refractivity contribution in [3.8, 4) is 0 Å². The third kappa shape index (κ3) is 9.91. The number of nitrogens with zero attached hydrogens (tertiary/aromatic N) is 1. The van der Waals surface area contributed by atoms with Crippen LogP contribution in [0.15, 0.2) is 30.3 Å². The van der Waals surface area contributed by atoms with Crippen LogP contribution in [0.5, 0.6) is 0 Å². The van der Waals surface area contributed by atoms with E-state index in [1.165, 1.54) is 5.56 Å². The normalized spacial score (nSPS) is 12.1. The Labute approximate surface area is 190 Å². The number of amides is 3. The molecule has 3 amide bonds. The fourth-order valence-corrected chi connectivity index (χ4v) is 2.80. The van der Waals surface area contributed by atoms with Crippen LogP contribution in [0, 0.1) is 11.3 Å². The molecule has 9 heteroatoms. The lowest BCUT2D eigenvalue weighted by Crippen LogP contribution is -2.58. The SMILES string of the molecule is CC(C)[C@H](N)C(=O)N(C(=N)NNC(=O)OC(C)(C)C)C(=O)CCCCCc1ccccc1. The fourth-order valence-electron chi connectivity index (χ4n) is 2.80. The van der Waals surface area contributed by atoms with Gasteiger partial charge in [0.15, 0.2) is 0 Å². The van der Waals surface area contributed by atoms with Crippen LogP contribution in [-0.4, -0.2) is 40.4 Å². The maximum Gasteiger partial charge on any atom is 0.426 e. The molecule has 0 aliphatic rings. The highest BCUT2D eigenvalue weighted by Crippen LogP contribution is 2.11. The van der Waals surface area contributed by atoms with E-state index in [0.29, 0.717) is 11.3 Å². The Bertz CT molecular complexity index is 774. The van der Waals surface area contributed by atoms with Gasteiger partial charge in [-0.15, -0.1) is 0 Å². The number of hydrazine groups is 1. The maximum absolute atomic E-state index is 12.8. The van der Waals surface area contributed by atoms with Gasteiger partial charge in [-0.2, -0.15) is 0 Å². The van der Waals surface area contributed by atoms with Crippen molar-refractivity contribution in [3.63, 3.8) is 0 Å². The van der Waals surface area contributed by atoms with Gasteiger partial charge < -0.3 is 10.5 Å². The van der Waals surface area contributed by atoms with Crippen molar-refractivity contribution in [2.24, 2.45) is 11.7 Å². The molecule has 0 spiro atoms. The smallest absolute Gasteiger partial charge is 0.426 e. The molecule has 0 aliphatic carbocycles. The molecule has 0 bridgehead atoms. The summed E-state index contributed by atoms with van der Waals surface area (Å²) >= 11 is 0. The molecule has 1 aromatic carbocycles. The van der Waals surface area contributed by atoms with Crippen LogP contribution in [0.2, 0.25) is 0 Å². The van der Waals surface area contributed by atoms with Crippen molar-refractivity contribution in [2.45, 2.75) is 78.4 Å². The van der Waals surface area contributed by atoms with E-state index in [9.17, 15) is 14.4 Å². The quantitative estimate of drug-likeness (QED) is 0.209. The van der Waals surface area contributed by atoms with Crippen LogP contribution in [-0.2, 0) is 20.7 Å². The summed E-state index contributed by atoms with van der Waals surface area (Å²) in [7, 11) is 0. The second-order valence-corrected chi connectivity index (χ2v) is 8.98. The first-order valence-electron chi connectivity index (χ1n) is 10.9. The van der Waals surface area contributed by atoms with Crippen LogP contribution in [0.25, 0.3) is 0 Å². The van der Waals surface area contributed by atoms with E-state index >= 15 is 0 Å². The Morgan fingerprint density at radius 1 is 1.06 bits per heavy atom. The van der Waals surface area contributed by atoms with Crippen LogP contribution >= 0.6 is 0 Å². The third-order valence-corrected chi connectivity index (χ3v) is 4.58. The number of rotatable bonds is 8. The number of hydrogen-bond acceptors (Lipinski definition) is 6. The Hall–Kier alpha value is -2.94. The maximum atomic E-state index is 12.8. The Balaban J connectivity index is 2.67. The molecule has 0 saturated carbocycles. The number of nitrogens with two attached hydrogens (primary N) is 1. The van der Waals surface area contributed by atoms with Crippen LogP contribution in [0.3, 0.4) is 0 Å². The monoisotopic (exact) mass is 447 g/mol. The van der Waals surface area contributed by atoms with Gasteiger partial charge in [0, 0.05) is 6.42 Å². The average Bonchev–Trinajstić information content (AvgIpc) is 2.71. The molecule has 0 aliphatic heterocycles. The van der Waals surface area contributed by atoms with E-state index in [4.69, 9.17) is 15.9 Å². The van der Waals surface area contributed by atoms with Gasteiger partial charge in [0.2, 0.25) is 11.9 Å². The van der Waals surface area contributed by atoms with Crippen molar-refractivity contribution in [3.05, 3.63) is 35.9 Å². The van der Waals surface area contributed by atoms with Crippen molar-refractivity contribution in [2.75, 3.05) is 0 Å². The van der Waals surface area contributed by atoms with Gasteiger partial charge in [-0.25, -0.2) is 15.1 Å². The third-order valence-electron chi connectivity index (χ3n) is 4.58. The van der Waals surface area contributed by atoms with Crippen LogP contribution < -0.4 is 16.6 Å². The fraction of sp³-hybridized carbons (Fsp3) is 0.565. The molecule has 0 saturated heterocycles. The van der Waals surface area contributed by atoms with Gasteiger partial charge in [0.25, 0.3) is 5.91 Å². The van der Waals surface area contributed by atoms with Gasteiger partial charge in [0.1, 0.15) is 5.60 Å². The predicted octanol–water partition coefficient (Wildman–Crippen LogP) is 3.09. The molecule has 0 aromatic heterocycles. The van der Waals surface area contributed by atoms with Crippen molar-refractivity contribution in [1.82, 2.24) is 15.8 Å². The van der Waals surface area contributed by atoms with Gasteiger partial charge >= 0.3 is 6.09 Å².